The summed E-state index contributed by atoms with van der Waals surface area (Å²) in [6.07, 6.45) is 6.10. The van der Waals surface area contributed by atoms with Gasteiger partial charge in [-0.15, -0.1) is 0 Å². The van der Waals surface area contributed by atoms with Gasteiger partial charge in [0.2, 0.25) is 0 Å². The summed E-state index contributed by atoms with van der Waals surface area (Å²) in [6.45, 7) is 4.34. The normalized spacial score (nSPS) is 17.5. The minimum atomic E-state index is -0.973. The number of hydrogen-bond acceptors (Lipinski definition) is 8. The lowest BCUT2D eigenvalue weighted by molar-refractivity contribution is 0.122. The third-order valence-electron chi connectivity index (χ3n) is 12.6. The van der Waals surface area contributed by atoms with Crippen LogP contribution in [0.3, 0.4) is 0 Å². The van der Waals surface area contributed by atoms with Crippen molar-refractivity contribution in [2.75, 3.05) is 80.0 Å². The molecule has 2 aliphatic heterocycles. The molecule has 1 fully saturated rings. The Labute approximate surface area is 346 Å². The van der Waals surface area contributed by atoms with E-state index in [9.17, 15) is 0 Å². The summed E-state index contributed by atoms with van der Waals surface area (Å²) < 4.78 is 42.6. The van der Waals surface area contributed by atoms with Gasteiger partial charge in [-0.1, -0.05) is 66.7 Å². The highest BCUT2D eigenvalue weighted by Gasteiger charge is 2.48. The van der Waals surface area contributed by atoms with Gasteiger partial charge in [-0.3, -0.25) is 0 Å². The second-order valence-corrected chi connectivity index (χ2v) is 15.5. The van der Waals surface area contributed by atoms with E-state index in [2.05, 4.69) is 102 Å². The summed E-state index contributed by atoms with van der Waals surface area (Å²) in [6, 6.07) is 38.6. The summed E-state index contributed by atoms with van der Waals surface area (Å²) in [5, 5.41) is 2.07. The molecule has 8 heteroatoms. The second-order valence-electron chi connectivity index (χ2n) is 15.5. The molecule has 1 unspecified atom stereocenters. The lowest BCUT2D eigenvalue weighted by atomic mass is 9.70. The predicted molar refractivity (Wildman–Crippen MR) is 235 cm³/mol. The SMILES string of the molecule is COCCC1(CCOC)c2ccccc2-c2c1c1c(c3cc(OC)c(-c4ccc(OC)cc4)cc23)OC(c2ccc(OC)cc2)(c2ccc(N3CCOCC3)cc2)C=C1. The van der Waals surface area contributed by atoms with Gasteiger partial charge >= 0.3 is 0 Å². The maximum atomic E-state index is 7.77. The van der Waals surface area contributed by atoms with Crippen LogP contribution >= 0.6 is 0 Å². The number of rotatable bonds is 13. The zero-order chi connectivity index (χ0) is 40.6. The van der Waals surface area contributed by atoms with Crippen LogP contribution in [0.15, 0.2) is 115 Å². The van der Waals surface area contributed by atoms with E-state index in [1.165, 1.54) is 27.9 Å². The third kappa shape index (κ3) is 6.51. The van der Waals surface area contributed by atoms with Crippen LogP contribution in [0.25, 0.3) is 39.1 Å². The van der Waals surface area contributed by atoms with Crippen LogP contribution in [-0.2, 0) is 25.2 Å². The molecule has 8 nitrogen and oxygen atoms in total. The van der Waals surface area contributed by atoms with Crippen LogP contribution in [0, 0.1) is 0 Å². The van der Waals surface area contributed by atoms with Crippen LogP contribution in [0.2, 0.25) is 0 Å². The predicted octanol–water partition coefficient (Wildman–Crippen LogP) is 10.1. The van der Waals surface area contributed by atoms with E-state index in [1.807, 2.05) is 24.3 Å². The first kappa shape index (κ1) is 38.7. The zero-order valence-electron chi connectivity index (χ0n) is 34.5. The van der Waals surface area contributed by atoms with Gasteiger partial charge in [-0.2, -0.15) is 0 Å². The fourth-order valence-electron chi connectivity index (χ4n) is 9.62. The molecule has 1 aliphatic carbocycles. The minimum absolute atomic E-state index is 0.413. The number of methoxy groups -OCH3 is 5. The van der Waals surface area contributed by atoms with Crippen LogP contribution in [0.1, 0.15) is 40.7 Å². The molecule has 2 heterocycles. The summed E-state index contributed by atoms with van der Waals surface area (Å²) in [7, 11) is 8.69. The van der Waals surface area contributed by atoms with Crippen molar-refractivity contribution in [2.45, 2.75) is 23.9 Å². The van der Waals surface area contributed by atoms with Gasteiger partial charge in [-0.05, 0) is 101 Å². The first-order valence-corrected chi connectivity index (χ1v) is 20.4. The fraction of sp³-hybridized carbons (Fsp3) is 0.294. The molecule has 0 aromatic heterocycles. The first-order valence-electron chi connectivity index (χ1n) is 20.4. The Morgan fingerprint density at radius 1 is 0.644 bits per heavy atom. The Hall–Kier alpha value is -5.80. The van der Waals surface area contributed by atoms with Crippen molar-refractivity contribution in [3.63, 3.8) is 0 Å². The number of fused-ring (bicyclic) bond motifs is 8. The quantitative estimate of drug-likeness (QED) is 0.115. The van der Waals surface area contributed by atoms with Crippen molar-refractivity contribution in [3.8, 4) is 45.3 Å². The van der Waals surface area contributed by atoms with E-state index in [-0.39, 0.29) is 0 Å². The van der Waals surface area contributed by atoms with Crippen molar-refractivity contribution < 1.29 is 33.2 Å². The molecule has 3 aliphatic rings. The van der Waals surface area contributed by atoms with Gasteiger partial charge in [0, 0.05) is 79.3 Å². The molecule has 0 spiro atoms. The molecule has 0 amide bonds. The van der Waals surface area contributed by atoms with E-state index >= 15 is 0 Å². The van der Waals surface area contributed by atoms with Crippen molar-refractivity contribution >= 4 is 22.5 Å². The first-order chi connectivity index (χ1) is 29.0. The lowest BCUT2D eigenvalue weighted by Crippen LogP contribution is -2.37. The maximum absolute atomic E-state index is 7.77. The van der Waals surface area contributed by atoms with Gasteiger partial charge < -0.3 is 38.1 Å². The Morgan fingerprint density at radius 3 is 1.90 bits per heavy atom. The van der Waals surface area contributed by atoms with Gasteiger partial charge in [0.05, 0.1) is 34.5 Å². The van der Waals surface area contributed by atoms with E-state index in [4.69, 9.17) is 33.2 Å². The van der Waals surface area contributed by atoms with Crippen molar-refractivity contribution in [3.05, 3.63) is 143 Å². The van der Waals surface area contributed by atoms with E-state index in [0.29, 0.717) is 13.2 Å². The highest BCUT2D eigenvalue weighted by atomic mass is 16.5. The van der Waals surface area contributed by atoms with Crippen molar-refractivity contribution in [2.24, 2.45) is 0 Å². The second kappa shape index (κ2) is 16.1. The molecule has 0 radical (unpaired) electrons. The number of morpholine rings is 1. The summed E-state index contributed by atoms with van der Waals surface area (Å²) in [5.41, 5.74) is 9.80. The highest BCUT2D eigenvalue weighted by Crippen LogP contribution is 2.61. The number of nitrogens with zero attached hydrogens (tertiary/aromatic N) is 1. The molecule has 0 saturated carbocycles. The molecule has 302 valence electrons. The van der Waals surface area contributed by atoms with Crippen LogP contribution in [0.4, 0.5) is 5.69 Å². The monoisotopic (exact) mass is 789 g/mol. The molecule has 9 rings (SSSR count). The molecule has 6 aromatic carbocycles. The highest BCUT2D eigenvalue weighted by molar-refractivity contribution is 6.10. The van der Waals surface area contributed by atoms with E-state index in [1.54, 1.807) is 35.5 Å². The maximum Gasteiger partial charge on any atom is 0.178 e. The average molecular weight is 790 g/mol. The largest absolute Gasteiger partial charge is 0.497 e. The van der Waals surface area contributed by atoms with Crippen molar-refractivity contribution in [1.82, 2.24) is 0 Å². The molecular weight excluding hydrogens is 739 g/mol. The average Bonchev–Trinajstić information content (AvgIpc) is 3.60. The smallest absolute Gasteiger partial charge is 0.178 e. The fourth-order valence-corrected chi connectivity index (χ4v) is 9.62. The van der Waals surface area contributed by atoms with E-state index in [0.717, 1.165) is 101 Å². The summed E-state index contributed by atoms with van der Waals surface area (Å²) in [5.74, 6) is 3.14. The molecular formula is C51H51NO7. The number of hydrogen-bond donors (Lipinski definition) is 0. The Kier molecular flexibility index (Phi) is 10.6. The topological polar surface area (TPSA) is 67.9 Å². The summed E-state index contributed by atoms with van der Waals surface area (Å²) in [4.78, 5) is 2.38. The Morgan fingerprint density at radius 2 is 1.27 bits per heavy atom. The van der Waals surface area contributed by atoms with Crippen LogP contribution in [-0.4, -0.2) is 75.1 Å². The lowest BCUT2D eigenvalue weighted by Gasteiger charge is -2.40. The molecule has 0 bridgehead atoms. The molecule has 0 N–H and O–H groups in total. The zero-order valence-corrected chi connectivity index (χ0v) is 34.5. The molecule has 59 heavy (non-hydrogen) atoms. The third-order valence-corrected chi connectivity index (χ3v) is 12.6. The number of anilines is 1. The molecule has 1 atom stereocenters. The van der Waals surface area contributed by atoms with Gasteiger partial charge in [0.25, 0.3) is 0 Å². The Bertz CT molecular complexity index is 2480. The molecule has 1 saturated heterocycles. The Balaban J connectivity index is 1.34. The number of ether oxygens (including phenoxy) is 7. The standard InChI is InChI=1S/C51H51NO7/c1-53-28-24-50(25-29-54-2)45-9-7-6-8-40(45)47-43-32-42(34-10-18-38(55-3)19-11-34)46(57-5)33-44(43)49-41(48(47)50)22-23-51(59-49,36-14-20-39(56-4)21-15-36)35-12-16-37(17-13-35)52-26-30-58-31-27-52/h6-23,32-33H,24-31H2,1-5H3. The van der Waals surface area contributed by atoms with Crippen LogP contribution < -0.4 is 23.8 Å². The van der Waals surface area contributed by atoms with Gasteiger partial charge in [0.15, 0.2) is 5.60 Å². The minimum Gasteiger partial charge on any atom is -0.497 e. The van der Waals surface area contributed by atoms with E-state index < -0.39 is 11.0 Å². The molecule has 6 aromatic rings. The summed E-state index contributed by atoms with van der Waals surface area (Å²) >= 11 is 0. The van der Waals surface area contributed by atoms with Crippen molar-refractivity contribution in [1.29, 1.82) is 0 Å². The number of benzene rings is 6. The van der Waals surface area contributed by atoms with Gasteiger partial charge in [-0.25, -0.2) is 0 Å². The van der Waals surface area contributed by atoms with Gasteiger partial charge in [0.1, 0.15) is 23.0 Å². The van der Waals surface area contributed by atoms with Crippen LogP contribution in [0.5, 0.6) is 23.0 Å².